The van der Waals surface area contributed by atoms with Gasteiger partial charge in [0.25, 0.3) is 0 Å². The van der Waals surface area contributed by atoms with Crippen LogP contribution in [0.25, 0.3) is 6.08 Å². The second-order valence-electron chi connectivity index (χ2n) is 2.78. The first kappa shape index (κ1) is 8.72. The molecule has 1 aromatic rings. The number of benzene rings is 1. The average Bonchev–Trinajstić information content (AvgIpc) is 2.04. The largest absolute Gasteiger partial charge is 0.300 e. The summed E-state index contributed by atoms with van der Waals surface area (Å²) in [6, 6.07) is 7.80. The molecule has 0 saturated carbocycles. The number of hydrogen-bond donors (Lipinski definition) is 0. The fraction of sp³-hybridized carbons (Fsp3) is 0.182. The molecular weight excluding hydrogens is 148 g/mol. The molecule has 0 unspecified atom stereocenters. The van der Waals surface area contributed by atoms with Crippen LogP contribution in [-0.4, -0.2) is 5.78 Å². The lowest BCUT2D eigenvalue weighted by Crippen LogP contribution is -1.97. The number of rotatable bonds is 3. The molecule has 0 aliphatic rings. The summed E-state index contributed by atoms with van der Waals surface area (Å²) in [5.74, 6) is 0.185. The Hall–Kier alpha value is -1.37. The summed E-state index contributed by atoms with van der Waals surface area (Å²) in [5.41, 5.74) is 2.10. The summed E-state index contributed by atoms with van der Waals surface area (Å²) in [4.78, 5) is 10.8. The van der Waals surface area contributed by atoms with Gasteiger partial charge < -0.3 is 0 Å². The summed E-state index contributed by atoms with van der Waals surface area (Å²) < 4.78 is 0. The average molecular weight is 160 g/mol. The lowest BCUT2D eigenvalue weighted by atomic mass is 10.0. The SMILES string of the molecule is C=Cc1ccccc1CC(C)=O. The van der Waals surface area contributed by atoms with Gasteiger partial charge in [-0.2, -0.15) is 0 Å². The normalized spacial score (nSPS) is 9.42. The summed E-state index contributed by atoms with van der Waals surface area (Å²) in [5, 5.41) is 0. The van der Waals surface area contributed by atoms with Gasteiger partial charge in [-0.3, -0.25) is 4.79 Å². The van der Waals surface area contributed by atoms with Crippen molar-refractivity contribution >= 4 is 11.9 Å². The fourth-order valence-electron chi connectivity index (χ4n) is 1.16. The minimum Gasteiger partial charge on any atom is -0.300 e. The van der Waals surface area contributed by atoms with Crippen molar-refractivity contribution in [3.05, 3.63) is 42.0 Å². The molecule has 0 aromatic heterocycles. The Balaban J connectivity index is 2.96. The first-order valence-electron chi connectivity index (χ1n) is 3.94. The smallest absolute Gasteiger partial charge is 0.134 e. The van der Waals surface area contributed by atoms with Crippen LogP contribution >= 0.6 is 0 Å². The van der Waals surface area contributed by atoms with Crippen molar-refractivity contribution in [2.75, 3.05) is 0 Å². The van der Waals surface area contributed by atoms with Crippen LogP contribution in [-0.2, 0) is 11.2 Å². The molecule has 12 heavy (non-hydrogen) atoms. The van der Waals surface area contributed by atoms with Crippen LogP contribution in [0.4, 0.5) is 0 Å². The Morgan fingerprint density at radius 1 is 1.50 bits per heavy atom. The van der Waals surface area contributed by atoms with Gasteiger partial charge >= 0.3 is 0 Å². The van der Waals surface area contributed by atoms with Crippen molar-refractivity contribution in [1.29, 1.82) is 0 Å². The van der Waals surface area contributed by atoms with Gasteiger partial charge in [0, 0.05) is 6.42 Å². The maximum atomic E-state index is 10.8. The Bertz CT molecular complexity index is 300. The molecule has 0 radical (unpaired) electrons. The highest BCUT2D eigenvalue weighted by Gasteiger charge is 2.00. The molecule has 1 aromatic carbocycles. The Morgan fingerprint density at radius 3 is 2.75 bits per heavy atom. The molecule has 0 aliphatic heterocycles. The summed E-state index contributed by atoms with van der Waals surface area (Å²) in [6.07, 6.45) is 2.28. The molecular formula is C11H12O. The van der Waals surface area contributed by atoms with E-state index in [0.29, 0.717) is 6.42 Å². The number of Topliss-reactive ketones (excluding diaryl/α,β-unsaturated/α-hetero) is 1. The zero-order chi connectivity index (χ0) is 8.97. The second-order valence-corrected chi connectivity index (χ2v) is 2.78. The van der Waals surface area contributed by atoms with Crippen LogP contribution in [0.3, 0.4) is 0 Å². The summed E-state index contributed by atoms with van der Waals surface area (Å²) in [7, 11) is 0. The van der Waals surface area contributed by atoms with E-state index in [-0.39, 0.29) is 5.78 Å². The number of carbonyl (C=O) groups excluding carboxylic acids is 1. The highest BCUT2D eigenvalue weighted by Crippen LogP contribution is 2.10. The lowest BCUT2D eigenvalue weighted by Gasteiger charge is -2.01. The molecule has 1 nitrogen and oxygen atoms in total. The third-order valence-corrected chi connectivity index (χ3v) is 1.71. The van der Waals surface area contributed by atoms with E-state index >= 15 is 0 Å². The van der Waals surface area contributed by atoms with E-state index in [0.717, 1.165) is 11.1 Å². The van der Waals surface area contributed by atoms with Gasteiger partial charge in [0.15, 0.2) is 0 Å². The van der Waals surface area contributed by atoms with Gasteiger partial charge in [0.1, 0.15) is 5.78 Å². The molecule has 0 saturated heterocycles. The van der Waals surface area contributed by atoms with Gasteiger partial charge in [0.05, 0.1) is 0 Å². The number of ketones is 1. The minimum atomic E-state index is 0.185. The Morgan fingerprint density at radius 2 is 2.17 bits per heavy atom. The number of hydrogen-bond acceptors (Lipinski definition) is 1. The number of carbonyl (C=O) groups is 1. The molecule has 62 valence electrons. The molecule has 0 N–H and O–H groups in total. The fourth-order valence-corrected chi connectivity index (χ4v) is 1.16. The minimum absolute atomic E-state index is 0.185. The molecule has 0 spiro atoms. The monoisotopic (exact) mass is 160 g/mol. The van der Waals surface area contributed by atoms with Gasteiger partial charge in [-0.05, 0) is 18.1 Å². The first-order chi connectivity index (χ1) is 5.74. The highest BCUT2D eigenvalue weighted by atomic mass is 16.1. The third-order valence-electron chi connectivity index (χ3n) is 1.71. The van der Waals surface area contributed by atoms with Gasteiger partial charge in [-0.25, -0.2) is 0 Å². The van der Waals surface area contributed by atoms with Crippen molar-refractivity contribution in [1.82, 2.24) is 0 Å². The highest BCUT2D eigenvalue weighted by molar-refractivity contribution is 5.79. The summed E-state index contributed by atoms with van der Waals surface area (Å²) >= 11 is 0. The van der Waals surface area contributed by atoms with Gasteiger partial charge in [0.2, 0.25) is 0 Å². The van der Waals surface area contributed by atoms with Crippen molar-refractivity contribution in [3.63, 3.8) is 0 Å². The van der Waals surface area contributed by atoms with Crippen molar-refractivity contribution in [2.45, 2.75) is 13.3 Å². The second kappa shape index (κ2) is 3.86. The maximum absolute atomic E-state index is 10.8. The van der Waals surface area contributed by atoms with E-state index in [4.69, 9.17) is 0 Å². The third kappa shape index (κ3) is 2.06. The summed E-state index contributed by atoms with van der Waals surface area (Å²) in [6.45, 7) is 5.28. The van der Waals surface area contributed by atoms with E-state index in [1.807, 2.05) is 24.3 Å². The van der Waals surface area contributed by atoms with Crippen molar-refractivity contribution < 1.29 is 4.79 Å². The predicted molar refractivity (Wildman–Crippen MR) is 50.9 cm³/mol. The van der Waals surface area contributed by atoms with Crippen LogP contribution < -0.4 is 0 Å². The molecule has 0 atom stereocenters. The molecule has 1 heteroatoms. The van der Waals surface area contributed by atoms with Crippen molar-refractivity contribution in [3.8, 4) is 0 Å². The van der Waals surface area contributed by atoms with Crippen LogP contribution in [0.1, 0.15) is 18.1 Å². The van der Waals surface area contributed by atoms with Crippen LogP contribution in [0.5, 0.6) is 0 Å². The topological polar surface area (TPSA) is 17.1 Å². The van der Waals surface area contributed by atoms with Gasteiger partial charge in [-0.1, -0.05) is 36.9 Å². The molecule has 1 rings (SSSR count). The zero-order valence-electron chi connectivity index (χ0n) is 7.21. The van der Waals surface area contributed by atoms with Gasteiger partial charge in [-0.15, -0.1) is 0 Å². The molecule has 0 aliphatic carbocycles. The van der Waals surface area contributed by atoms with Crippen LogP contribution in [0, 0.1) is 0 Å². The quantitative estimate of drug-likeness (QED) is 0.663. The molecule has 0 amide bonds. The molecule has 0 fully saturated rings. The Labute approximate surface area is 72.7 Å². The maximum Gasteiger partial charge on any atom is 0.134 e. The molecule has 0 heterocycles. The predicted octanol–water partition coefficient (Wildman–Crippen LogP) is 2.46. The van der Waals surface area contributed by atoms with E-state index < -0.39 is 0 Å². The lowest BCUT2D eigenvalue weighted by molar-refractivity contribution is -0.116. The zero-order valence-corrected chi connectivity index (χ0v) is 7.21. The van der Waals surface area contributed by atoms with E-state index in [1.54, 1.807) is 13.0 Å². The standard InChI is InChI=1S/C11H12O/c1-3-10-6-4-5-7-11(10)8-9(2)12/h3-7H,1,8H2,2H3. The van der Waals surface area contributed by atoms with Crippen LogP contribution in [0.2, 0.25) is 0 Å². The van der Waals surface area contributed by atoms with Crippen LogP contribution in [0.15, 0.2) is 30.8 Å². The first-order valence-corrected chi connectivity index (χ1v) is 3.94. The van der Waals surface area contributed by atoms with E-state index in [1.165, 1.54) is 0 Å². The van der Waals surface area contributed by atoms with E-state index in [9.17, 15) is 4.79 Å². The Kier molecular flexibility index (Phi) is 2.81. The molecule has 0 bridgehead atoms. The van der Waals surface area contributed by atoms with Crippen molar-refractivity contribution in [2.24, 2.45) is 0 Å². The van der Waals surface area contributed by atoms with E-state index in [2.05, 4.69) is 6.58 Å².